The van der Waals surface area contributed by atoms with E-state index in [-0.39, 0.29) is 17.2 Å². The van der Waals surface area contributed by atoms with E-state index in [1.165, 1.54) is 11.5 Å². The van der Waals surface area contributed by atoms with E-state index in [2.05, 4.69) is 34.6 Å². The van der Waals surface area contributed by atoms with Gasteiger partial charge in [0.15, 0.2) is 0 Å². The number of nitrogens with one attached hydrogen (secondary N) is 1. The van der Waals surface area contributed by atoms with E-state index < -0.39 is 11.9 Å². The summed E-state index contributed by atoms with van der Waals surface area (Å²) in [6.45, 7) is 0. The third kappa shape index (κ3) is 4.01. The van der Waals surface area contributed by atoms with E-state index in [9.17, 15) is 14.7 Å². The number of anilines is 1. The summed E-state index contributed by atoms with van der Waals surface area (Å²) < 4.78 is 0. The number of nitrogens with two attached hydrogens (primary N) is 1. The molecule has 0 aliphatic heterocycles. The molecule has 0 bridgehead atoms. The monoisotopic (exact) mass is 438 g/mol. The number of benzene rings is 3. The highest BCUT2D eigenvalue weighted by Gasteiger charge is 2.27. The predicted molar refractivity (Wildman–Crippen MR) is 126 cm³/mol. The molecule has 0 radical (unpaired) electrons. The number of nitrogens with zero attached hydrogens (tertiary/aromatic N) is 2. The van der Waals surface area contributed by atoms with E-state index in [1.807, 2.05) is 24.3 Å². The predicted octanol–water partition coefficient (Wildman–Crippen LogP) is 4.06. The summed E-state index contributed by atoms with van der Waals surface area (Å²) in [4.78, 5) is 32.7. The van der Waals surface area contributed by atoms with Crippen LogP contribution in [0.4, 0.5) is 5.95 Å². The number of carboxylic acids is 1. The molecule has 164 valence electrons. The highest BCUT2D eigenvalue weighted by molar-refractivity contribution is 6.05. The number of primary amides is 1. The molecule has 3 aromatic carbocycles. The van der Waals surface area contributed by atoms with Gasteiger partial charge in [0.25, 0.3) is 0 Å². The van der Waals surface area contributed by atoms with Gasteiger partial charge >= 0.3 is 5.97 Å². The van der Waals surface area contributed by atoms with Crippen LogP contribution >= 0.6 is 0 Å². The van der Waals surface area contributed by atoms with Gasteiger partial charge in [-0.15, -0.1) is 0 Å². The Balaban J connectivity index is 1.42. The van der Waals surface area contributed by atoms with Crippen molar-refractivity contribution >= 4 is 28.6 Å². The first-order chi connectivity index (χ1) is 16.0. The third-order valence-corrected chi connectivity index (χ3v) is 6.13. The number of aromatic nitrogens is 2. The molecule has 1 heterocycles. The van der Waals surface area contributed by atoms with E-state index in [0.29, 0.717) is 24.4 Å². The van der Waals surface area contributed by atoms with Crippen molar-refractivity contribution < 1.29 is 14.7 Å². The second-order valence-electron chi connectivity index (χ2n) is 8.21. The van der Waals surface area contributed by atoms with E-state index in [1.54, 1.807) is 12.3 Å². The molecule has 1 aromatic heterocycles. The van der Waals surface area contributed by atoms with Crippen molar-refractivity contribution in [1.82, 2.24) is 9.97 Å². The average molecular weight is 438 g/mol. The minimum absolute atomic E-state index is 0.0495. The fraction of sp³-hybridized carbons (Fsp3) is 0.154. The molecule has 1 aliphatic carbocycles. The number of aromatic carboxylic acids is 1. The van der Waals surface area contributed by atoms with Crippen molar-refractivity contribution in [3.63, 3.8) is 0 Å². The highest BCUT2D eigenvalue weighted by Crippen LogP contribution is 2.29. The standard InChI is InChI=1S/C26H22N4O3/c27-24(31)23-20(25(32)33)10-8-16-7-9-19(14-21(16)23)29-26-28-12-11-22(30-26)18-6-5-15-3-1-2-4-17(15)13-18/h1-6,8,10-13,19H,7,9,14H2,(H2,27,31)(H,32,33)(H,28,29,30). The fourth-order valence-corrected chi connectivity index (χ4v) is 4.54. The number of hydrogen-bond acceptors (Lipinski definition) is 5. The smallest absolute Gasteiger partial charge is 0.336 e. The summed E-state index contributed by atoms with van der Waals surface area (Å²) >= 11 is 0. The van der Waals surface area contributed by atoms with Crippen molar-refractivity contribution in [3.05, 3.63) is 89.1 Å². The normalized spacial score (nSPS) is 15.1. The lowest BCUT2D eigenvalue weighted by atomic mass is 9.83. The molecule has 1 amide bonds. The molecular weight excluding hydrogens is 416 g/mol. The van der Waals surface area contributed by atoms with Crippen LogP contribution in [-0.4, -0.2) is 33.0 Å². The number of aryl methyl sites for hydroxylation is 1. The maximum atomic E-state index is 12.1. The molecule has 0 fully saturated rings. The Hall–Kier alpha value is -4.26. The van der Waals surface area contributed by atoms with Gasteiger partial charge in [0.05, 0.1) is 16.8 Å². The summed E-state index contributed by atoms with van der Waals surface area (Å²) in [5, 5.41) is 15.1. The molecule has 1 atom stereocenters. The van der Waals surface area contributed by atoms with Gasteiger partial charge < -0.3 is 16.2 Å². The Morgan fingerprint density at radius 3 is 2.64 bits per heavy atom. The maximum Gasteiger partial charge on any atom is 0.336 e. The quantitative estimate of drug-likeness (QED) is 0.432. The molecule has 5 rings (SSSR count). The first-order valence-corrected chi connectivity index (χ1v) is 10.8. The molecule has 0 saturated heterocycles. The first-order valence-electron chi connectivity index (χ1n) is 10.8. The molecule has 1 unspecified atom stereocenters. The van der Waals surface area contributed by atoms with Crippen LogP contribution in [-0.2, 0) is 12.8 Å². The summed E-state index contributed by atoms with van der Waals surface area (Å²) in [7, 11) is 0. The van der Waals surface area contributed by atoms with Crippen molar-refractivity contribution in [2.75, 3.05) is 5.32 Å². The van der Waals surface area contributed by atoms with Gasteiger partial charge in [-0.05, 0) is 59.4 Å². The molecule has 1 aliphatic rings. The summed E-state index contributed by atoms with van der Waals surface area (Å²) in [6.07, 6.45) is 3.70. The van der Waals surface area contributed by atoms with Crippen molar-refractivity contribution in [3.8, 4) is 11.3 Å². The van der Waals surface area contributed by atoms with Crippen LogP contribution in [0.2, 0.25) is 0 Å². The second-order valence-corrected chi connectivity index (χ2v) is 8.21. The Morgan fingerprint density at radius 2 is 1.85 bits per heavy atom. The van der Waals surface area contributed by atoms with Gasteiger partial charge in [-0.1, -0.05) is 42.5 Å². The van der Waals surface area contributed by atoms with Crippen molar-refractivity contribution in [2.24, 2.45) is 5.73 Å². The third-order valence-electron chi connectivity index (χ3n) is 6.13. The van der Waals surface area contributed by atoms with Crippen molar-refractivity contribution in [1.29, 1.82) is 0 Å². The van der Waals surface area contributed by atoms with Gasteiger partial charge in [0, 0.05) is 17.8 Å². The van der Waals surface area contributed by atoms with Crippen LogP contribution < -0.4 is 11.1 Å². The lowest BCUT2D eigenvalue weighted by Gasteiger charge is -2.27. The number of rotatable bonds is 5. The fourth-order valence-electron chi connectivity index (χ4n) is 4.54. The topological polar surface area (TPSA) is 118 Å². The highest BCUT2D eigenvalue weighted by atomic mass is 16.4. The number of fused-ring (bicyclic) bond motifs is 2. The molecule has 33 heavy (non-hydrogen) atoms. The van der Waals surface area contributed by atoms with E-state index in [0.717, 1.165) is 28.6 Å². The van der Waals surface area contributed by atoms with Crippen LogP contribution in [0.15, 0.2) is 66.9 Å². The van der Waals surface area contributed by atoms with E-state index >= 15 is 0 Å². The van der Waals surface area contributed by atoms with E-state index in [4.69, 9.17) is 10.7 Å². The lowest BCUT2D eigenvalue weighted by molar-refractivity contribution is 0.0691. The molecule has 0 saturated carbocycles. The largest absolute Gasteiger partial charge is 0.478 e. The van der Waals surface area contributed by atoms with Gasteiger partial charge in [-0.25, -0.2) is 14.8 Å². The molecular formula is C26H22N4O3. The summed E-state index contributed by atoms with van der Waals surface area (Å²) in [5.74, 6) is -1.39. The zero-order valence-electron chi connectivity index (χ0n) is 17.8. The van der Waals surface area contributed by atoms with Gasteiger partial charge in [-0.2, -0.15) is 0 Å². The van der Waals surface area contributed by atoms with Crippen LogP contribution in [0.3, 0.4) is 0 Å². The van der Waals surface area contributed by atoms with Crippen molar-refractivity contribution in [2.45, 2.75) is 25.3 Å². The van der Waals surface area contributed by atoms with Crippen LogP contribution in [0, 0.1) is 0 Å². The minimum Gasteiger partial charge on any atom is -0.478 e. The Kier molecular flexibility index (Phi) is 5.22. The number of amides is 1. The van der Waals surface area contributed by atoms with Crippen LogP contribution in [0.25, 0.3) is 22.0 Å². The lowest BCUT2D eigenvalue weighted by Crippen LogP contribution is -2.31. The molecule has 7 heteroatoms. The Labute approximate surface area is 190 Å². The summed E-state index contributed by atoms with van der Waals surface area (Å²) in [6, 6.07) is 19.4. The Morgan fingerprint density at radius 1 is 1.03 bits per heavy atom. The molecule has 4 aromatic rings. The van der Waals surface area contributed by atoms with Gasteiger partial charge in [-0.3, -0.25) is 4.79 Å². The van der Waals surface area contributed by atoms with Gasteiger partial charge in [0.1, 0.15) is 0 Å². The molecule has 7 nitrogen and oxygen atoms in total. The van der Waals surface area contributed by atoms with Crippen LogP contribution in [0.1, 0.15) is 38.3 Å². The number of carbonyl (C=O) groups excluding carboxylic acids is 1. The number of carboxylic acid groups (broad SMARTS) is 1. The average Bonchev–Trinajstić information content (AvgIpc) is 2.83. The maximum absolute atomic E-state index is 12.1. The SMILES string of the molecule is NC(=O)c1c(C(=O)O)ccc2c1CC(Nc1nccc(-c3ccc4ccccc4c3)n1)CC2. The second kappa shape index (κ2) is 8.35. The summed E-state index contributed by atoms with van der Waals surface area (Å²) in [5.41, 5.74) is 9.04. The minimum atomic E-state index is -1.16. The zero-order chi connectivity index (χ0) is 22.9. The molecule has 4 N–H and O–H groups in total. The first kappa shape index (κ1) is 20.6. The molecule has 0 spiro atoms. The van der Waals surface area contributed by atoms with Gasteiger partial charge in [0.2, 0.25) is 11.9 Å². The number of carbonyl (C=O) groups is 2. The number of hydrogen-bond donors (Lipinski definition) is 3. The Bertz CT molecular complexity index is 1400. The van der Waals surface area contributed by atoms with Crippen LogP contribution in [0.5, 0.6) is 0 Å². The zero-order valence-corrected chi connectivity index (χ0v) is 17.8.